The largest absolute Gasteiger partial charge is 0.478 e. The van der Waals surface area contributed by atoms with Crippen LogP contribution in [0.3, 0.4) is 0 Å². The van der Waals surface area contributed by atoms with Gasteiger partial charge in [-0.15, -0.1) is 0 Å². The molecule has 1 aromatic rings. The molecule has 1 aromatic carbocycles. The minimum absolute atomic E-state index is 0.0298. The van der Waals surface area contributed by atoms with Gasteiger partial charge in [-0.25, -0.2) is 4.79 Å². The van der Waals surface area contributed by atoms with Gasteiger partial charge in [0.15, 0.2) is 0 Å². The van der Waals surface area contributed by atoms with Crippen molar-refractivity contribution in [1.29, 1.82) is 5.26 Å². The molecule has 0 saturated carbocycles. The van der Waals surface area contributed by atoms with E-state index in [2.05, 4.69) is 5.32 Å². The van der Waals surface area contributed by atoms with Crippen molar-refractivity contribution in [3.63, 3.8) is 0 Å². The molecule has 0 aliphatic rings. The van der Waals surface area contributed by atoms with Crippen molar-refractivity contribution < 1.29 is 14.7 Å². The molecule has 0 radical (unpaired) electrons. The van der Waals surface area contributed by atoms with Crippen LogP contribution in [0, 0.1) is 11.3 Å². The maximum absolute atomic E-state index is 10.8. The molecule has 0 aliphatic heterocycles. The fourth-order valence-electron chi connectivity index (χ4n) is 1.09. The lowest BCUT2D eigenvalue weighted by atomic mass is 10.1. The zero-order chi connectivity index (χ0) is 11.4. The van der Waals surface area contributed by atoms with Crippen LogP contribution in [0.4, 0.5) is 5.69 Å². The summed E-state index contributed by atoms with van der Waals surface area (Å²) >= 11 is 0. The highest BCUT2D eigenvalue weighted by Crippen LogP contribution is 2.14. The first kappa shape index (κ1) is 10.7. The Morgan fingerprint density at radius 3 is 2.53 bits per heavy atom. The number of nitrogens with zero attached hydrogens (tertiary/aromatic N) is 1. The highest BCUT2D eigenvalue weighted by atomic mass is 16.4. The predicted octanol–water partition coefficient (Wildman–Crippen LogP) is 1.21. The predicted molar refractivity (Wildman–Crippen MR) is 52.4 cm³/mol. The second-order valence-corrected chi connectivity index (χ2v) is 2.90. The van der Waals surface area contributed by atoms with Gasteiger partial charge in [-0.1, -0.05) is 0 Å². The summed E-state index contributed by atoms with van der Waals surface area (Å²) in [6.45, 7) is 1.31. The van der Waals surface area contributed by atoms with Gasteiger partial charge in [0, 0.05) is 12.6 Å². The number of carbonyl (C=O) groups is 2. The van der Waals surface area contributed by atoms with Crippen molar-refractivity contribution in [2.75, 3.05) is 5.32 Å². The molecule has 5 nitrogen and oxygen atoms in total. The van der Waals surface area contributed by atoms with Gasteiger partial charge >= 0.3 is 5.97 Å². The van der Waals surface area contributed by atoms with Gasteiger partial charge in [0.25, 0.3) is 0 Å². The van der Waals surface area contributed by atoms with Crippen LogP contribution in [0.25, 0.3) is 0 Å². The zero-order valence-corrected chi connectivity index (χ0v) is 7.94. The van der Waals surface area contributed by atoms with Crippen LogP contribution in [0.1, 0.15) is 22.8 Å². The molecule has 5 heteroatoms. The number of anilines is 1. The third kappa shape index (κ3) is 2.81. The molecule has 0 unspecified atom stereocenters. The second kappa shape index (κ2) is 4.24. The quantitative estimate of drug-likeness (QED) is 0.757. The van der Waals surface area contributed by atoms with Gasteiger partial charge in [-0.3, -0.25) is 4.79 Å². The van der Waals surface area contributed by atoms with E-state index in [1.807, 2.05) is 6.07 Å². The molecule has 1 amide bonds. The topological polar surface area (TPSA) is 90.2 Å². The maximum atomic E-state index is 10.8. The molecule has 2 N–H and O–H groups in total. The van der Waals surface area contributed by atoms with Crippen LogP contribution in [0.2, 0.25) is 0 Å². The van der Waals surface area contributed by atoms with E-state index in [9.17, 15) is 9.59 Å². The molecule has 0 atom stereocenters. The fourth-order valence-corrected chi connectivity index (χ4v) is 1.09. The van der Waals surface area contributed by atoms with Crippen LogP contribution in [0.5, 0.6) is 0 Å². The lowest BCUT2D eigenvalue weighted by Gasteiger charge is -2.03. The summed E-state index contributed by atoms with van der Waals surface area (Å²) < 4.78 is 0. The van der Waals surface area contributed by atoms with E-state index >= 15 is 0 Å². The van der Waals surface area contributed by atoms with Crippen molar-refractivity contribution in [1.82, 2.24) is 0 Å². The Kier molecular flexibility index (Phi) is 3.03. The molecule has 0 aliphatic carbocycles. The van der Waals surface area contributed by atoms with Gasteiger partial charge in [-0.2, -0.15) is 5.26 Å². The zero-order valence-electron chi connectivity index (χ0n) is 7.94. The van der Waals surface area contributed by atoms with Crippen molar-refractivity contribution in [3.8, 4) is 6.07 Å². The minimum Gasteiger partial charge on any atom is -0.478 e. The molecule has 1 rings (SSSR count). The average molecular weight is 204 g/mol. The monoisotopic (exact) mass is 204 g/mol. The Morgan fingerprint density at radius 1 is 1.40 bits per heavy atom. The van der Waals surface area contributed by atoms with Crippen LogP contribution in [0.15, 0.2) is 18.2 Å². The molecule has 0 spiro atoms. The highest BCUT2D eigenvalue weighted by molar-refractivity contribution is 5.93. The lowest BCUT2D eigenvalue weighted by Crippen LogP contribution is -2.07. The third-order valence-electron chi connectivity index (χ3n) is 1.63. The standard InChI is InChI=1S/C10H8N2O3/c1-6(13)12-9-3-7(5-11)2-8(4-9)10(14)15/h2-4H,1H3,(H,12,13)(H,14,15). The Hall–Kier alpha value is -2.35. The molecule has 15 heavy (non-hydrogen) atoms. The van der Waals surface area contributed by atoms with Crippen molar-refractivity contribution in [2.24, 2.45) is 0 Å². The number of aromatic carboxylic acids is 1. The van der Waals surface area contributed by atoms with Crippen molar-refractivity contribution >= 4 is 17.6 Å². The molecule has 0 heterocycles. The Morgan fingerprint density at radius 2 is 2.07 bits per heavy atom. The van der Waals surface area contributed by atoms with E-state index in [4.69, 9.17) is 10.4 Å². The smallest absolute Gasteiger partial charge is 0.335 e. The summed E-state index contributed by atoms with van der Waals surface area (Å²) in [5.41, 5.74) is 0.468. The summed E-state index contributed by atoms with van der Waals surface area (Å²) in [7, 11) is 0. The molecule has 0 aromatic heterocycles. The summed E-state index contributed by atoms with van der Waals surface area (Å²) in [5, 5.41) is 19.8. The first-order valence-electron chi connectivity index (χ1n) is 4.09. The van der Waals surface area contributed by atoms with Gasteiger partial charge in [0.1, 0.15) is 0 Å². The van der Waals surface area contributed by atoms with E-state index in [0.29, 0.717) is 5.69 Å². The number of hydrogen-bond donors (Lipinski definition) is 2. The van der Waals surface area contributed by atoms with Gasteiger partial charge < -0.3 is 10.4 Å². The fraction of sp³-hybridized carbons (Fsp3) is 0.100. The second-order valence-electron chi connectivity index (χ2n) is 2.90. The number of rotatable bonds is 2. The van der Waals surface area contributed by atoms with E-state index < -0.39 is 5.97 Å². The number of carbonyl (C=O) groups excluding carboxylic acids is 1. The number of benzene rings is 1. The Balaban J connectivity index is 3.18. The molecular weight excluding hydrogens is 196 g/mol. The molecule has 0 fully saturated rings. The van der Waals surface area contributed by atoms with Gasteiger partial charge in [0.2, 0.25) is 5.91 Å². The van der Waals surface area contributed by atoms with Crippen LogP contribution >= 0.6 is 0 Å². The van der Waals surface area contributed by atoms with Crippen LogP contribution in [-0.2, 0) is 4.79 Å². The summed E-state index contributed by atoms with van der Waals surface area (Å²) in [6, 6.07) is 5.77. The first-order valence-corrected chi connectivity index (χ1v) is 4.09. The number of hydrogen-bond acceptors (Lipinski definition) is 3. The van der Waals surface area contributed by atoms with Gasteiger partial charge in [0.05, 0.1) is 17.2 Å². The Labute approximate surface area is 86.0 Å². The minimum atomic E-state index is -1.14. The van der Waals surface area contributed by atoms with Crippen LogP contribution in [-0.4, -0.2) is 17.0 Å². The van der Waals surface area contributed by atoms with Crippen molar-refractivity contribution in [2.45, 2.75) is 6.92 Å². The highest BCUT2D eigenvalue weighted by Gasteiger charge is 2.07. The number of amides is 1. The van der Waals surface area contributed by atoms with E-state index in [1.54, 1.807) is 0 Å². The summed E-state index contributed by atoms with van der Waals surface area (Å²) in [5.74, 6) is -1.46. The molecule has 0 saturated heterocycles. The van der Waals surface area contributed by atoms with E-state index in [1.165, 1.54) is 25.1 Å². The number of nitriles is 1. The third-order valence-corrected chi connectivity index (χ3v) is 1.63. The maximum Gasteiger partial charge on any atom is 0.335 e. The van der Waals surface area contributed by atoms with E-state index in [-0.39, 0.29) is 17.0 Å². The average Bonchev–Trinajstić information content (AvgIpc) is 2.16. The lowest BCUT2D eigenvalue weighted by molar-refractivity contribution is -0.114. The van der Waals surface area contributed by atoms with Crippen molar-refractivity contribution in [3.05, 3.63) is 29.3 Å². The SMILES string of the molecule is CC(=O)Nc1cc(C#N)cc(C(=O)O)c1. The number of carboxylic acids is 1. The Bertz CT molecular complexity index is 460. The first-order chi connectivity index (χ1) is 7.02. The number of nitrogens with one attached hydrogen (secondary N) is 1. The molecule has 76 valence electrons. The molecule has 0 bridgehead atoms. The summed E-state index contributed by atoms with van der Waals surface area (Å²) in [4.78, 5) is 21.4. The van der Waals surface area contributed by atoms with E-state index in [0.717, 1.165) is 0 Å². The molecular formula is C10H8N2O3. The van der Waals surface area contributed by atoms with Crippen LogP contribution < -0.4 is 5.32 Å². The number of carboxylic acid groups (broad SMARTS) is 1. The summed E-state index contributed by atoms with van der Waals surface area (Å²) in [6.07, 6.45) is 0. The normalized spacial score (nSPS) is 9.07. The van der Waals surface area contributed by atoms with Gasteiger partial charge in [-0.05, 0) is 18.2 Å².